The molecule has 1 unspecified atom stereocenters. The van der Waals surface area contributed by atoms with E-state index in [9.17, 15) is 0 Å². The van der Waals surface area contributed by atoms with Crippen LogP contribution in [-0.2, 0) is 6.54 Å². The van der Waals surface area contributed by atoms with Gasteiger partial charge in [0.1, 0.15) is 11.3 Å². The Bertz CT molecular complexity index is 646. The number of fused-ring (bicyclic) bond motifs is 1. The molecule has 0 radical (unpaired) electrons. The summed E-state index contributed by atoms with van der Waals surface area (Å²) in [6.45, 7) is 7.71. The molecule has 1 atom stereocenters. The van der Waals surface area contributed by atoms with Crippen LogP contribution >= 0.6 is 0 Å². The van der Waals surface area contributed by atoms with Crippen molar-refractivity contribution in [2.45, 2.75) is 51.7 Å². The van der Waals surface area contributed by atoms with Crippen LogP contribution in [0.3, 0.4) is 0 Å². The third-order valence-corrected chi connectivity index (χ3v) is 4.81. The number of hydrogen-bond acceptors (Lipinski definition) is 4. The second-order valence-corrected chi connectivity index (χ2v) is 7.11. The molecule has 1 aliphatic heterocycles. The zero-order valence-corrected chi connectivity index (χ0v) is 14.9. The first-order valence-corrected chi connectivity index (χ1v) is 8.79. The lowest BCUT2D eigenvalue weighted by Gasteiger charge is -2.38. The maximum absolute atomic E-state index is 4.99. The molecule has 126 valence electrons. The molecule has 0 amide bonds. The number of nitrogens with zero attached hydrogens (tertiary/aromatic N) is 5. The summed E-state index contributed by atoms with van der Waals surface area (Å²) in [5.74, 6) is 1.20. The fraction of sp³-hybridized carbons (Fsp3) is 0.667. The molecule has 1 aliphatic rings. The van der Waals surface area contributed by atoms with Gasteiger partial charge in [0.25, 0.3) is 0 Å². The van der Waals surface area contributed by atoms with Crippen molar-refractivity contribution in [2.24, 2.45) is 0 Å². The molecular weight excluding hydrogens is 286 g/mol. The predicted molar refractivity (Wildman–Crippen MR) is 94.5 cm³/mol. The largest absolute Gasteiger partial charge is 0.310 e. The van der Waals surface area contributed by atoms with E-state index in [1.54, 1.807) is 0 Å². The number of pyridine rings is 1. The fourth-order valence-electron chi connectivity index (χ4n) is 3.60. The number of hydrogen-bond donors (Lipinski definition) is 0. The van der Waals surface area contributed by atoms with Gasteiger partial charge >= 0.3 is 0 Å². The number of likely N-dealkylation sites (N-methyl/N-ethyl adjacent to an activating group) is 1. The minimum atomic E-state index is 0.417. The monoisotopic (exact) mass is 315 g/mol. The van der Waals surface area contributed by atoms with Gasteiger partial charge in [0.15, 0.2) is 5.65 Å². The van der Waals surface area contributed by atoms with Gasteiger partial charge < -0.3 is 9.47 Å². The number of likely N-dealkylation sites (tertiary alicyclic amines) is 1. The van der Waals surface area contributed by atoms with Crippen LogP contribution in [-0.4, -0.2) is 57.6 Å². The van der Waals surface area contributed by atoms with E-state index in [0.717, 1.165) is 24.3 Å². The Labute approximate surface area is 139 Å². The first-order chi connectivity index (χ1) is 11.1. The molecule has 3 heterocycles. The molecule has 2 aromatic rings. The van der Waals surface area contributed by atoms with Gasteiger partial charge in [-0.2, -0.15) is 0 Å². The van der Waals surface area contributed by atoms with Crippen molar-refractivity contribution in [3.63, 3.8) is 0 Å². The van der Waals surface area contributed by atoms with Crippen LogP contribution in [0.1, 0.15) is 45.0 Å². The van der Waals surface area contributed by atoms with Gasteiger partial charge in [-0.3, -0.25) is 4.90 Å². The highest BCUT2D eigenvalue weighted by atomic mass is 15.3. The Hall–Kier alpha value is -1.46. The van der Waals surface area contributed by atoms with Gasteiger partial charge in [0.2, 0.25) is 0 Å². The Morgan fingerprint density at radius 2 is 2.13 bits per heavy atom. The maximum Gasteiger partial charge on any atom is 0.160 e. The summed E-state index contributed by atoms with van der Waals surface area (Å²) in [5, 5.41) is 0. The zero-order valence-electron chi connectivity index (χ0n) is 14.9. The van der Waals surface area contributed by atoms with Crippen LogP contribution in [0, 0.1) is 0 Å². The molecule has 0 aliphatic carbocycles. The lowest BCUT2D eigenvalue weighted by Crippen LogP contribution is -2.40. The van der Waals surface area contributed by atoms with Crippen LogP contribution < -0.4 is 0 Å². The average Bonchev–Trinajstić information content (AvgIpc) is 2.91. The minimum Gasteiger partial charge on any atom is -0.310 e. The first kappa shape index (κ1) is 16.4. The van der Waals surface area contributed by atoms with Crippen LogP contribution in [0.4, 0.5) is 0 Å². The molecule has 0 spiro atoms. The topological polar surface area (TPSA) is 37.2 Å². The smallest absolute Gasteiger partial charge is 0.160 e. The summed E-state index contributed by atoms with van der Waals surface area (Å²) in [6.07, 6.45) is 5.66. The van der Waals surface area contributed by atoms with E-state index in [1.807, 2.05) is 12.3 Å². The highest BCUT2D eigenvalue weighted by Crippen LogP contribution is 2.33. The van der Waals surface area contributed by atoms with Gasteiger partial charge in [0, 0.05) is 25.3 Å². The lowest BCUT2D eigenvalue weighted by molar-refractivity contribution is 0.103. The summed E-state index contributed by atoms with van der Waals surface area (Å²) < 4.78 is 2.35. The molecule has 23 heavy (non-hydrogen) atoms. The Morgan fingerprint density at radius 1 is 1.30 bits per heavy atom. The number of rotatable bonds is 5. The van der Waals surface area contributed by atoms with Crippen molar-refractivity contribution < 1.29 is 0 Å². The van der Waals surface area contributed by atoms with Crippen LogP contribution in [0.5, 0.6) is 0 Å². The molecule has 0 saturated carbocycles. The van der Waals surface area contributed by atoms with E-state index in [1.165, 1.54) is 31.6 Å². The van der Waals surface area contributed by atoms with Gasteiger partial charge in [-0.25, -0.2) is 9.97 Å². The Morgan fingerprint density at radius 3 is 2.87 bits per heavy atom. The molecule has 0 aromatic carbocycles. The van der Waals surface area contributed by atoms with Crippen molar-refractivity contribution in [2.75, 3.05) is 27.2 Å². The van der Waals surface area contributed by atoms with Gasteiger partial charge in [0.05, 0.1) is 6.04 Å². The number of imidazole rings is 1. The third-order valence-electron chi connectivity index (χ3n) is 4.81. The van der Waals surface area contributed by atoms with E-state index in [-0.39, 0.29) is 0 Å². The van der Waals surface area contributed by atoms with Crippen molar-refractivity contribution in [3.05, 3.63) is 24.2 Å². The maximum atomic E-state index is 4.99. The molecule has 2 aromatic heterocycles. The van der Waals surface area contributed by atoms with E-state index in [0.29, 0.717) is 12.1 Å². The standard InChI is InChI=1S/C18H29N5/c1-14(2)22-11-6-5-9-16(22)18-20-15-8-7-10-19-17(15)23(18)13-12-21(3)4/h7-8,10,14,16H,5-6,9,11-13H2,1-4H3. The average molecular weight is 315 g/mol. The van der Waals surface area contributed by atoms with Crippen molar-refractivity contribution in [1.29, 1.82) is 0 Å². The minimum absolute atomic E-state index is 0.417. The quantitative estimate of drug-likeness (QED) is 0.850. The van der Waals surface area contributed by atoms with Crippen LogP contribution in [0.25, 0.3) is 11.2 Å². The second kappa shape index (κ2) is 6.97. The highest BCUT2D eigenvalue weighted by Gasteiger charge is 2.30. The zero-order chi connectivity index (χ0) is 16.4. The second-order valence-electron chi connectivity index (χ2n) is 7.11. The number of aromatic nitrogens is 3. The molecule has 0 bridgehead atoms. The van der Waals surface area contributed by atoms with Gasteiger partial charge in [-0.15, -0.1) is 0 Å². The molecule has 5 heteroatoms. The number of piperidine rings is 1. The van der Waals surface area contributed by atoms with E-state index in [2.05, 4.69) is 53.4 Å². The van der Waals surface area contributed by atoms with Crippen molar-refractivity contribution in [1.82, 2.24) is 24.3 Å². The highest BCUT2D eigenvalue weighted by molar-refractivity contribution is 5.71. The summed E-state index contributed by atoms with van der Waals surface area (Å²) >= 11 is 0. The Balaban J connectivity index is 2.02. The van der Waals surface area contributed by atoms with Gasteiger partial charge in [-0.05, 0) is 59.5 Å². The van der Waals surface area contributed by atoms with Crippen molar-refractivity contribution >= 4 is 11.2 Å². The molecule has 1 saturated heterocycles. The third kappa shape index (κ3) is 3.40. The summed E-state index contributed by atoms with van der Waals surface area (Å²) in [4.78, 5) is 14.4. The first-order valence-electron chi connectivity index (χ1n) is 8.79. The lowest BCUT2D eigenvalue weighted by atomic mass is 9.99. The molecule has 3 rings (SSSR count). The normalized spacial score (nSPS) is 20.0. The van der Waals surface area contributed by atoms with E-state index in [4.69, 9.17) is 4.98 Å². The van der Waals surface area contributed by atoms with Gasteiger partial charge in [-0.1, -0.05) is 6.42 Å². The Kier molecular flexibility index (Phi) is 4.97. The SMILES string of the molecule is CC(C)N1CCCCC1c1nc2cccnc2n1CCN(C)C. The molecular formula is C18H29N5. The van der Waals surface area contributed by atoms with E-state index >= 15 is 0 Å². The van der Waals surface area contributed by atoms with Crippen LogP contribution in [0.15, 0.2) is 18.3 Å². The van der Waals surface area contributed by atoms with E-state index < -0.39 is 0 Å². The van der Waals surface area contributed by atoms with Crippen LogP contribution in [0.2, 0.25) is 0 Å². The molecule has 0 N–H and O–H groups in total. The summed E-state index contributed by atoms with van der Waals surface area (Å²) in [6, 6.07) is 5.03. The summed E-state index contributed by atoms with van der Waals surface area (Å²) in [7, 11) is 4.24. The summed E-state index contributed by atoms with van der Waals surface area (Å²) in [5.41, 5.74) is 2.05. The predicted octanol–water partition coefficient (Wildman–Crippen LogP) is 2.93. The molecule has 5 nitrogen and oxygen atoms in total. The fourth-order valence-corrected chi connectivity index (χ4v) is 3.60. The van der Waals surface area contributed by atoms with Crippen molar-refractivity contribution in [3.8, 4) is 0 Å². The molecule has 1 fully saturated rings.